The lowest BCUT2D eigenvalue weighted by Gasteiger charge is -2.45. The van der Waals surface area contributed by atoms with Crippen LogP contribution in [0.15, 0.2) is 152 Å². The molecule has 0 fully saturated rings. The highest BCUT2D eigenvalue weighted by atomic mass is 35.5. The number of fused-ring (bicyclic) bond motifs is 2. The van der Waals surface area contributed by atoms with Crippen molar-refractivity contribution in [3.05, 3.63) is 201 Å². The van der Waals surface area contributed by atoms with Crippen LogP contribution in [-0.2, 0) is 5.41 Å². The second-order valence-electron chi connectivity index (χ2n) is 10.3. The summed E-state index contributed by atoms with van der Waals surface area (Å²) in [5.74, 6) is -0.00247. The minimum absolute atomic E-state index is 0.00247. The van der Waals surface area contributed by atoms with Gasteiger partial charge in [0.2, 0.25) is 0 Å². The van der Waals surface area contributed by atoms with Gasteiger partial charge in [0.1, 0.15) is 0 Å². The molecule has 0 heterocycles. The van der Waals surface area contributed by atoms with Crippen LogP contribution in [0.3, 0.4) is 0 Å². The quantitative estimate of drug-likeness (QED) is 0.203. The molecule has 2 heteroatoms. The summed E-state index contributed by atoms with van der Waals surface area (Å²) in [6, 6.07) is 54.0. The fourth-order valence-corrected chi connectivity index (χ4v) is 6.96. The SMILES string of the molecule is Clc1ccc(-c2ccc(Cl)cc2C2c3ccccc3C(c3ccccc3)(c3ccccc3)c3ccccc32)cc1. The Hall–Kier alpha value is -4.10. The average Bonchev–Trinajstić information content (AvgIpc) is 3.01. The van der Waals surface area contributed by atoms with Crippen molar-refractivity contribution in [2.75, 3.05) is 0 Å². The Morgan fingerprint density at radius 2 is 0.900 bits per heavy atom. The lowest BCUT2D eigenvalue weighted by atomic mass is 9.56. The van der Waals surface area contributed by atoms with Crippen LogP contribution in [0, 0.1) is 0 Å². The third-order valence-electron chi connectivity index (χ3n) is 8.25. The minimum Gasteiger partial charge on any atom is -0.0843 e. The summed E-state index contributed by atoms with van der Waals surface area (Å²) in [5.41, 5.74) is 10.6. The van der Waals surface area contributed by atoms with E-state index in [4.69, 9.17) is 23.2 Å². The van der Waals surface area contributed by atoms with E-state index in [-0.39, 0.29) is 5.92 Å². The molecule has 0 aromatic heterocycles. The Balaban J connectivity index is 1.59. The molecular weight excluding hydrogens is 527 g/mol. The highest BCUT2D eigenvalue weighted by Gasteiger charge is 2.46. The molecule has 40 heavy (non-hydrogen) atoms. The maximum atomic E-state index is 6.73. The third-order valence-corrected chi connectivity index (χ3v) is 8.73. The zero-order valence-corrected chi connectivity index (χ0v) is 23.3. The fourth-order valence-electron chi connectivity index (χ4n) is 6.66. The summed E-state index contributed by atoms with van der Waals surface area (Å²) in [7, 11) is 0. The topological polar surface area (TPSA) is 0 Å². The smallest absolute Gasteiger partial charge is 0.0707 e. The molecule has 6 aromatic carbocycles. The number of rotatable bonds is 4. The summed E-state index contributed by atoms with van der Waals surface area (Å²) in [5, 5.41) is 1.45. The van der Waals surface area contributed by atoms with Gasteiger partial charge in [0.15, 0.2) is 0 Å². The molecule has 0 nitrogen and oxygen atoms in total. The maximum absolute atomic E-state index is 6.73. The van der Waals surface area contributed by atoms with Gasteiger partial charge in [0, 0.05) is 16.0 Å². The molecule has 0 N–H and O–H groups in total. The van der Waals surface area contributed by atoms with Crippen molar-refractivity contribution in [1.82, 2.24) is 0 Å². The van der Waals surface area contributed by atoms with Crippen molar-refractivity contribution in [2.45, 2.75) is 11.3 Å². The number of hydrogen-bond donors (Lipinski definition) is 0. The first kappa shape index (κ1) is 24.9. The first-order chi connectivity index (χ1) is 19.7. The molecule has 0 saturated heterocycles. The Bertz CT molecular complexity index is 1720. The monoisotopic (exact) mass is 552 g/mol. The van der Waals surface area contributed by atoms with Gasteiger partial charge in [0.05, 0.1) is 5.41 Å². The predicted molar refractivity (Wildman–Crippen MR) is 168 cm³/mol. The average molecular weight is 554 g/mol. The van der Waals surface area contributed by atoms with Crippen molar-refractivity contribution in [3.8, 4) is 11.1 Å². The number of benzene rings is 6. The van der Waals surface area contributed by atoms with Crippen molar-refractivity contribution in [3.63, 3.8) is 0 Å². The summed E-state index contributed by atoms with van der Waals surface area (Å²) in [6.07, 6.45) is 0. The first-order valence-electron chi connectivity index (χ1n) is 13.5. The normalized spacial score (nSPS) is 13.8. The van der Waals surface area contributed by atoms with E-state index in [1.165, 1.54) is 38.9 Å². The van der Waals surface area contributed by atoms with Gasteiger partial charge < -0.3 is 0 Å². The molecule has 0 saturated carbocycles. The molecule has 0 bridgehead atoms. The van der Waals surface area contributed by atoms with Gasteiger partial charge in [-0.2, -0.15) is 0 Å². The van der Waals surface area contributed by atoms with E-state index in [1.54, 1.807) is 0 Å². The van der Waals surface area contributed by atoms with Gasteiger partial charge in [-0.05, 0) is 74.3 Å². The van der Waals surface area contributed by atoms with Gasteiger partial charge >= 0.3 is 0 Å². The third kappa shape index (κ3) is 3.91. The summed E-state index contributed by atoms with van der Waals surface area (Å²) < 4.78 is 0. The second kappa shape index (κ2) is 10.1. The maximum Gasteiger partial charge on any atom is 0.0707 e. The standard InChI is InChI=1S/C38H26Cl2/c39-29-21-19-26(20-22-29)31-24-23-30(40)25-34(31)37-32-15-7-9-17-35(32)38(27-11-3-1-4-12-27,28-13-5-2-6-14-28)36-18-10-8-16-33(36)37/h1-25,37H. The van der Waals surface area contributed by atoms with E-state index < -0.39 is 5.41 Å². The molecule has 1 aliphatic carbocycles. The van der Waals surface area contributed by atoms with E-state index in [0.717, 1.165) is 21.2 Å². The fraction of sp³-hybridized carbons (Fsp3) is 0.0526. The van der Waals surface area contributed by atoms with Crippen molar-refractivity contribution in [2.24, 2.45) is 0 Å². The Morgan fingerprint density at radius 1 is 0.425 bits per heavy atom. The molecule has 0 spiro atoms. The van der Waals surface area contributed by atoms with Gasteiger partial charge in [-0.1, -0.05) is 151 Å². The van der Waals surface area contributed by atoms with Crippen molar-refractivity contribution >= 4 is 23.2 Å². The zero-order chi connectivity index (χ0) is 27.1. The van der Waals surface area contributed by atoms with Crippen LogP contribution in [0.1, 0.15) is 44.9 Å². The van der Waals surface area contributed by atoms with Crippen LogP contribution in [0.5, 0.6) is 0 Å². The minimum atomic E-state index is -0.467. The largest absolute Gasteiger partial charge is 0.0843 e. The van der Waals surface area contributed by atoms with Gasteiger partial charge in [-0.25, -0.2) is 0 Å². The summed E-state index contributed by atoms with van der Waals surface area (Å²) in [4.78, 5) is 0. The molecular formula is C38H26Cl2. The molecule has 0 atom stereocenters. The summed E-state index contributed by atoms with van der Waals surface area (Å²) in [6.45, 7) is 0. The van der Waals surface area contributed by atoms with Crippen LogP contribution in [0.25, 0.3) is 11.1 Å². The lowest BCUT2D eigenvalue weighted by molar-refractivity contribution is 0.681. The van der Waals surface area contributed by atoms with Crippen molar-refractivity contribution in [1.29, 1.82) is 0 Å². The van der Waals surface area contributed by atoms with Crippen LogP contribution >= 0.6 is 23.2 Å². The number of halogens is 2. The predicted octanol–water partition coefficient (Wildman–Crippen LogP) is 10.5. The zero-order valence-electron chi connectivity index (χ0n) is 21.8. The van der Waals surface area contributed by atoms with Gasteiger partial charge in [0.25, 0.3) is 0 Å². The molecule has 0 unspecified atom stereocenters. The highest BCUT2D eigenvalue weighted by molar-refractivity contribution is 6.31. The molecule has 6 aromatic rings. The van der Waals surface area contributed by atoms with Crippen LogP contribution in [0.2, 0.25) is 10.0 Å². The first-order valence-corrected chi connectivity index (χ1v) is 14.3. The van der Waals surface area contributed by atoms with Crippen LogP contribution in [-0.4, -0.2) is 0 Å². The number of hydrogen-bond acceptors (Lipinski definition) is 0. The molecule has 7 rings (SSSR count). The molecule has 0 radical (unpaired) electrons. The summed E-state index contributed by atoms with van der Waals surface area (Å²) >= 11 is 13.0. The van der Waals surface area contributed by atoms with Gasteiger partial charge in [-0.15, -0.1) is 0 Å². The Kier molecular flexibility index (Phi) is 6.31. The van der Waals surface area contributed by atoms with E-state index in [0.29, 0.717) is 0 Å². The van der Waals surface area contributed by atoms with E-state index in [2.05, 4.69) is 133 Å². The molecule has 1 aliphatic rings. The van der Waals surface area contributed by atoms with E-state index in [9.17, 15) is 0 Å². The van der Waals surface area contributed by atoms with E-state index in [1.807, 2.05) is 18.2 Å². The van der Waals surface area contributed by atoms with E-state index >= 15 is 0 Å². The van der Waals surface area contributed by atoms with Gasteiger partial charge in [-0.3, -0.25) is 0 Å². The molecule has 192 valence electrons. The molecule has 0 amide bonds. The van der Waals surface area contributed by atoms with Crippen LogP contribution in [0.4, 0.5) is 0 Å². The molecule has 0 aliphatic heterocycles. The van der Waals surface area contributed by atoms with Crippen molar-refractivity contribution < 1.29 is 0 Å². The highest BCUT2D eigenvalue weighted by Crippen LogP contribution is 2.56. The van der Waals surface area contributed by atoms with Crippen LogP contribution < -0.4 is 0 Å². The second-order valence-corrected chi connectivity index (χ2v) is 11.2. The Morgan fingerprint density at radius 3 is 1.45 bits per heavy atom. The lowest BCUT2D eigenvalue weighted by Crippen LogP contribution is -2.37. The Labute approximate surface area is 245 Å².